The highest BCUT2D eigenvalue weighted by atomic mass is 32.1. The van der Waals surface area contributed by atoms with Gasteiger partial charge < -0.3 is 9.79 Å². The third-order valence-electron chi connectivity index (χ3n) is 3.10. The largest absolute Gasteiger partial charge is 0.479 e. The molecule has 18 heavy (non-hydrogen) atoms. The van der Waals surface area contributed by atoms with Crippen LogP contribution in [0.15, 0.2) is 0 Å². The summed E-state index contributed by atoms with van der Waals surface area (Å²) in [5.41, 5.74) is -3.38. The van der Waals surface area contributed by atoms with E-state index in [0.29, 0.717) is 25.7 Å². The van der Waals surface area contributed by atoms with Crippen LogP contribution in [0.1, 0.15) is 25.7 Å². The summed E-state index contributed by atoms with van der Waals surface area (Å²) in [6.45, 7) is 0. The van der Waals surface area contributed by atoms with Crippen molar-refractivity contribution in [3.05, 3.63) is 0 Å². The molecule has 0 aromatic rings. The van der Waals surface area contributed by atoms with Gasteiger partial charge in [0.1, 0.15) is 0 Å². The van der Waals surface area contributed by atoms with E-state index in [1.807, 2.05) is 0 Å². The van der Waals surface area contributed by atoms with Gasteiger partial charge in [-0.05, 0) is 31.6 Å². The van der Waals surface area contributed by atoms with Crippen molar-refractivity contribution in [3.63, 3.8) is 0 Å². The van der Waals surface area contributed by atoms with Crippen molar-refractivity contribution in [1.29, 1.82) is 0 Å². The molecule has 0 spiro atoms. The van der Waals surface area contributed by atoms with E-state index in [4.69, 9.17) is 14.7 Å². The fourth-order valence-corrected chi connectivity index (χ4v) is 5.13. The molecular weight excluding hydrogens is 302 g/mol. The van der Waals surface area contributed by atoms with Gasteiger partial charge in [-0.15, -0.1) is 0 Å². The first-order valence-corrected chi connectivity index (χ1v) is 9.23. The van der Waals surface area contributed by atoms with Crippen LogP contribution in [-0.2, 0) is 9.36 Å². The molecule has 0 aromatic heterocycles. The van der Waals surface area contributed by atoms with E-state index in [9.17, 15) is 19.1 Å². The lowest BCUT2D eigenvalue weighted by atomic mass is 9.86. The molecule has 1 unspecified atom stereocenters. The molecule has 106 valence electrons. The molecule has 1 rings (SSSR count). The molecule has 1 aliphatic rings. The minimum atomic E-state index is -4.89. The van der Waals surface area contributed by atoms with Gasteiger partial charge in [-0.3, -0.25) is 4.57 Å². The normalized spacial score (nSPS) is 27.9. The molecule has 0 saturated heterocycles. The van der Waals surface area contributed by atoms with Crippen molar-refractivity contribution in [2.24, 2.45) is 5.92 Å². The lowest BCUT2D eigenvalue weighted by molar-refractivity contribution is -0.115. The standard InChI is InChI=1S/C8H16O7P2S/c9-8(17(13,14)15)7(16(10,11)12)5-1-3-6(18)4-2-5/h5-7,13-15H,1-4H2,(H2-,10,11,12,18)/p+1. The van der Waals surface area contributed by atoms with Gasteiger partial charge in [-0.1, -0.05) is 0 Å². The summed E-state index contributed by atoms with van der Waals surface area (Å²) >= 11 is 4.23. The van der Waals surface area contributed by atoms with E-state index >= 15 is 0 Å². The molecule has 1 aliphatic carbocycles. The number of carbonyl (C=O) groups is 1. The molecule has 1 atom stereocenters. The Balaban J connectivity index is 2.94. The highest BCUT2D eigenvalue weighted by molar-refractivity contribution is 7.81. The zero-order chi connectivity index (χ0) is 14.1. The maximum Gasteiger partial charge on any atom is 0.479 e. The van der Waals surface area contributed by atoms with Crippen molar-refractivity contribution in [3.8, 4) is 0 Å². The van der Waals surface area contributed by atoms with Crippen molar-refractivity contribution >= 4 is 33.7 Å². The molecule has 0 amide bonds. The van der Waals surface area contributed by atoms with Gasteiger partial charge in [0.25, 0.3) is 0 Å². The van der Waals surface area contributed by atoms with Gasteiger partial charge >= 0.3 is 21.1 Å². The summed E-state index contributed by atoms with van der Waals surface area (Å²) in [6.07, 6.45) is 1.89. The van der Waals surface area contributed by atoms with Gasteiger partial charge in [0, 0.05) is 5.25 Å². The number of carbonyl (C=O) groups excluding carboxylic acids is 1. The van der Waals surface area contributed by atoms with Crippen LogP contribution in [0.2, 0.25) is 0 Å². The van der Waals surface area contributed by atoms with Crippen LogP contribution in [0.25, 0.3) is 0 Å². The van der Waals surface area contributed by atoms with E-state index < -0.39 is 32.6 Å². The highest BCUT2D eigenvalue weighted by Crippen LogP contribution is 2.58. The van der Waals surface area contributed by atoms with Crippen LogP contribution >= 0.6 is 28.2 Å². The highest BCUT2D eigenvalue weighted by Gasteiger charge is 2.57. The Morgan fingerprint density at radius 3 is 1.94 bits per heavy atom. The van der Waals surface area contributed by atoms with Crippen LogP contribution in [0.3, 0.4) is 0 Å². The van der Waals surface area contributed by atoms with E-state index in [1.54, 1.807) is 0 Å². The van der Waals surface area contributed by atoms with Gasteiger partial charge in [0.15, 0.2) is 5.66 Å². The van der Waals surface area contributed by atoms with Gasteiger partial charge in [0.05, 0.1) is 0 Å². The number of thiol groups is 1. The minimum absolute atomic E-state index is 0.116. The summed E-state index contributed by atoms with van der Waals surface area (Å²) < 4.78 is 11.3. The van der Waals surface area contributed by atoms with Crippen molar-refractivity contribution in [2.75, 3.05) is 0 Å². The first-order chi connectivity index (χ1) is 8.03. The van der Waals surface area contributed by atoms with Crippen molar-refractivity contribution in [1.82, 2.24) is 0 Å². The van der Waals surface area contributed by atoms with Crippen LogP contribution in [0.5, 0.6) is 0 Å². The molecule has 0 bridgehead atoms. The predicted octanol–water partition coefficient (Wildman–Crippen LogP) is 0.287. The molecule has 10 heteroatoms. The first-order valence-electron chi connectivity index (χ1n) is 5.38. The quantitative estimate of drug-likeness (QED) is 0.324. The van der Waals surface area contributed by atoms with E-state index in [-0.39, 0.29) is 5.25 Å². The molecule has 5 N–H and O–H groups in total. The average Bonchev–Trinajstić information content (AvgIpc) is 2.17. The molecule has 0 aromatic carbocycles. The van der Waals surface area contributed by atoms with Gasteiger partial charge in [0.2, 0.25) is 0 Å². The molecule has 1 saturated carbocycles. The summed E-state index contributed by atoms with van der Waals surface area (Å²) in [5, 5.41) is 0.116. The van der Waals surface area contributed by atoms with Crippen molar-refractivity contribution < 1.29 is 33.8 Å². The molecule has 1 fully saturated rings. The summed E-state index contributed by atoms with van der Waals surface area (Å²) in [4.78, 5) is 56.7. The Morgan fingerprint density at radius 2 is 1.61 bits per heavy atom. The summed E-state index contributed by atoms with van der Waals surface area (Å²) in [7, 11) is -9.73. The van der Waals surface area contributed by atoms with E-state index in [1.165, 1.54) is 0 Å². The molecule has 0 radical (unpaired) electrons. The summed E-state index contributed by atoms with van der Waals surface area (Å²) in [5.74, 6) is -0.660. The Kier molecular flexibility index (Phi) is 5.38. The third kappa shape index (κ3) is 4.25. The van der Waals surface area contributed by atoms with Crippen LogP contribution in [-0.4, -0.2) is 40.9 Å². The zero-order valence-electron chi connectivity index (χ0n) is 9.45. The Labute approximate surface area is 110 Å². The lowest BCUT2D eigenvalue weighted by Gasteiger charge is -2.30. The lowest BCUT2D eigenvalue weighted by Crippen LogP contribution is -2.34. The number of hydrogen-bond acceptors (Lipinski definition) is 6. The smallest absolute Gasteiger partial charge is 0.324 e. The molecule has 0 heterocycles. The van der Waals surface area contributed by atoms with Crippen LogP contribution in [0.4, 0.5) is 0 Å². The maximum absolute atomic E-state index is 11.6. The van der Waals surface area contributed by atoms with Crippen LogP contribution < -0.4 is 0 Å². The monoisotopic (exact) mass is 319 g/mol. The molecular formula is C8H17O7P2S+. The maximum atomic E-state index is 11.6. The molecule has 7 nitrogen and oxygen atoms in total. The predicted molar refractivity (Wildman–Crippen MR) is 69.1 cm³/mol. The second-order valence-electron chi connectivity index (χ2n) is 4.51. The zero-order valence-corrected chi connectivity index (χ0v) is 12.1. The Morgan fingerprint density at radius 1 is 1.17 bits per heavy atom. The summed E-state index contributed by atoms with van der Waals surface area (Å²) in [6, 6.07) is 0. The fraction of sp³-hybridized carbons (Fsp3) is 0.875. The Hall–Kier alpha value is 0.480. The van der Waals surface area contributed by atoms with E-state index in [0.717, 1.165) is 0 Å². The third-order valence-corrected chi connectivity index (χ3v) is 6.07. The average molecular weight is 319 g/mol. The fourth-order valence-electron chi connectivity index (χ4n) is 2.21. The van der Waals surface area contributed by atoms with Gasteiger partial charge in [-0.2, -0.15) is 27.3 Å². The van der Waals surface area contributed by atoms with Crippen LogP contribution in [0, 0.1) is 5.92 Å². The minimum Gasteiger partial charge on any atom is -0.324 e. The number of hydrogen-bond donors (Lipinski definition) is 6. The van der Waals surface area contributed by atoms with E-state index in [2.05, 4.69) is 12.6 Å². The number of rotatable bonds is 4. The Bertz CT molecular complexity index is 355. The second kappa shape index (κ2) is 5.85. The van der Waals surface area contributed by atoms with Crippen molar-refractivity contribution in [2.45, 2.75) is 36.6 Å². The van der Waals surface area contributed by atoms with Gasteiger partial charge in [-0.25, -0.2) is 4.79 Å². The second-order valence-corrected chi connectivity index (χ2v) is 8.55. The SMILES string of the molecule is O=C(C(C1CCC(S)CC1)P(=O)(O)O)[P+](O)(O)O. The molecule has 0 aliphatic heterocycles. The first kappa shape index (κ1) is 16.5. The topological polar surface area (TPSA) is 135 Å².